The van der Waals surface area contributed by atoms with Crippen molar-refractivity contribution in [2.24, 2.45) is 0 Å². The third kappa shape index (κ3) is 1.32. The van der Waals surface area contributed by atoms with Gasteiger partial charge in [-0.3, -0.25) is 4.79 Å². The van der Waals surface area contributed by atoms with E-state index in [1.807, 2.05) is 13.0 Å². The van der Waals surface area contributed by atoms with Crippen LogP contribution in [0.3, 0.4) is 0 Å². The summed E-state index contributed by atoms with van der Waals surface area (Å²) in [4.78, 5) is 11.6. The molecule has 1 aromatic heterocycles. The number of rotatable bonds is 0. The van der Waals surface area contributed by atoms with E-state index >= 15 is 0 Å². The zero-order valence-corrected chi connectivity index (χ0v) is 8.68. The first-order valence-corrected chi connectivity index (χ1v) is 4.67. The van der Waals surface area contributed by atoms with Crippen LogP contribution in [0, 0.1) is 13.8 Å². The molecule has 0 aliphatic carbocycles. The minimum absolute atomic E-state index is 0.0857. The molecule has 0 unspecified atom stereocenters. The Morgan fingerprint density at radius 1 is 1.29 bits per heavy atom. The van der Waals surface area contributed by atoms with Crippen LogP contribution in [0.1, 0.15) is 11.3 Å². The number of hydrogen-bond donors (Lipinski definition) is 0. The predicted molar refractivity (Wildman–Crippen MR) is 57.0 cm³/mol. The van der Waals surface area contributed by atoms with Gasteiger partial charge in [-0.2, -0.15) is 0 Å². The lowest BCUT2D eigenvalue weighted by Gasteiger charge is -2.03. The summed E-state index contributed by atoms with van der Waals surface area (Å²) >= 11 is 5.93. The summed E-state index contributed by atoms with van der Waals surface area (Å²) in [5.74, 6) is 0.605. The maximum Gasteiger partial charge on any atom is 0.194 e. The molecule has 0 aliphatic heterocycles. The van der Waals surface area contributed by atoms with Crippen LogP contribution in [-0.2, 0) is 0 Å². The van der Waals surface area contributed by atoms with E-state index in [9.17, 15) is 4.79 Å². The summed E-state index contributed by atoms with van der Waals surface area (Å²) < 4.78 is 5.47. The van der Waals surface area contributed by atoms with Crippen molar-refractivity contribution in [1.82, 2.24) is 0 Å². The van der Waals surface area contributed by atoms with Crippen LogP contribution in [0.5, 0.6) is 0 Å². The van der Waals surface area contributed by atoms with E-state index in [4.69, 9.17) is 16.0 Å². The third-order valence-electron chi connectivity index (χ3n) is 2.15. The highest BCUT2D eigenvalue weighted by Gasteiger charge is 2.08. The Morgan fingerprint density at radius 3 is 2.71 bits per heavy atom. The van der Waals surface area contributed by atoms with Gasteiger partial charge in [0.25, 0.3) is 0 Å². The molecule has 0 radical (unpaired) electrons. The molecule has 0 amide bonds. The van der Waals surface area contributed by atoms with Crippen molar-refractivity contribution in [2.75, 3.05) is 0 Å². The number of aryl methyl sites for hydroxylation is 2. The molecule has 1 aromatic carbocycles. The molecule has 2 rings (SSSR count). The van der Waals surface area contributed by atoms with Crippen LogP contribution in [0.25, 0.3) is 11.0 Å². The van der Waals surface area contributed by atoms with E-state index in [-0.39, 0.29) is 5.43 Å². The zero-order valence-electron chi connectivity index (χ0n) is 7.93. The quantitative estimate of drug-likeness (QED) is 0.666. The van der Waals surface area contributed by atoms with Crippen LogP contribution < -0.4 is 5.43 Å². The summed E-state index contributed by atoms with van der Waals surface area (Å²) in [6.45, 7) is 3.64. The van der Waals surface area contributed by atoms with Crippen molar-refractivity contribution in [3.63, 3.8) is 0 Å². The fourth-order valence-electron chi connectivity index (χ4n) is 1.47. The Bertz CT molecular complexity index is 555. The van der Waals surface area contributed by atoms with E-state index in [0.29, 0.717) is 21.8 Å². The van der Waals surface area contributed by atoms with Gasteiger partial charge in [0, 0.05) is 6.07 Å². The van der Waals surface area contributed by atoms with Gasteiger partial charge in [-0.1, -0.05) is 17.7 Å². The number of hydrogen-bond acceptors (Lipinski definition) is 2. The summed E-state index contributed by atoms with van der Waals surface area (Å²) in [5.41, 5.74) is 1.42. The van der Waals surface area contributed by atoms with Gasteiger partial charge in [-0.15, -0.1) is 0 Å². The van der Waals surface area contributed by atoms with Gasteiger partial charge in [0.2, 0.25) is 0 Å². The van der Waals surface area contributed by atoms with Crippen molar-refractivity contribution >= 4 is 22.6 Å². The van der Waals surface area contributed by atoms with E-state index < -0.39 is 0 Å². The Kier molecular flexibility index (Phi) is 2.08. The second-order valence-electron chi connectivity index (χ2n) is 3.29. The maximum absolute atomic E-state index is 11.6. The molecule has 2 aromatic rings. The minimum Gasteiger partial charge on any atom is -0.461 e. The smallest absolute Gasteiger partial charge is 0.194 e. The summed E-state index contributed by atoms with van der Waals surface area (Å²) in [6, 6.07) is 5.01. The average molecular weight is 209 g/mol. The van der Waals surface area contributed by atoms with E-state index in [1.165, 1.54) is 6.07 Å². The Labute approximate surface area is 86.1 Å². The molecule has 3 heteroatoms. The Balaban J connectivity index is 3.08. The standard InChI is InChI=1S/C11H9ClO2/c1-6-3-4-8(12)10-9(13)5-7(2)14-11(6)10/h3-5H,1-2H3. The summed E-state index contributed by atoms with van der Waals surface area (Å²) in [6.07, 6.45) is 0. The van der Waals surface area contributed by atoms with Gasteiger partial charge in [0.15, 0.2) is 5.43 Å². The summed E-state index contributed by atoms with van der Waals surface area (Å²) in [5, 5.41) is 0.914. The lowest BCUT2D eigenvalue weighted by Crippen LogP contribution is -2.01. The SMILES string of the molecule is Cc1cc(=O)c2c(Cl)ccc(C)c2o1. The molecule has 0 saturated heterocycles. The van der Waals surface area contributed by atoms with Gasteiger partial charge < -0.3 is 4.42 Å². The molecule has 0 fully saturated rings. The van der Waals surface area contributed by atoms with Crippen molar-refractivity contribution in [1.29, 1.82) is 0 Å². The van der Waals surface area contributed by atoms with Crippen LogP contribution in [0.4, 0.5) is 0 Å². The Hall–Kier alpha value is -1.28. The predicted octanol–water partition coefficient (Wildman–Crippen LogP) is 3.06. The van der Waals surface area contributed by atoms with Crippen molar-refractivity contribution < 1.29 is 4.42 Å². The van der Waals surface area contributed by atoms with Crippen molar-refractivity contribution in [3.05, 3.63) is 44.8 Å². The molecule has 0 spiro atoms. The molecule has 0 bridgehead atoms. The average Bonchev–Trinajstić information content (AvgIpc) is 2.10. The van der Waals surface area contributed by atoms with Gasteiger partial charge in [0.05, 0.1) is 10.4 Å². The van der Waals surface area contributed by atoms with Crippen LogP contribution in [-0.4, -0.2) is 0 Å². The molecular formula is C11H9ClO2. The van der Waals surface area contributed by atoms with Crippen LogP contribution in [0.2, 0.25) is 5.02 Å². The maximum atomic E-state index is 11.6. The molecule has 72 valence electrons. The first-order valence-electron chi connectivity index (χ1n) is 4.29. The highest BCUT2D eigenvalue weighted by molar-refractivity contribution is 6.35. The van der Waals surface area contributed by atoms with Gasteiger partial charge in [0.1, 0.15) is 11.3 Å². The van der Waals surface area contributed by atoms with Gasteiger partial charge in [-0.05, 0) is 25.5 Å². The van der Waals surface area contributed by atoms with E-state index in [1.54, 1.807) is 13.0 Å². The highest BCUT2D eigenvalue weighted by Crippen LogP contribution is 2.23. The van der Waals surface area contributed by atoms with E-state index in [0.717, 1.165) is 5.56 Å². The van der Waals surface area contributed by atoms with E-state index in [2.05, 4.69) is 0 Å². The van der Waals surface area contributed by atoms with Crippen molar-refractivity contribution in [2.45, 2.75) is 13.8 Å². The molecular weight excluding hydrogens is 200 g/mol. The first kappa shape index (κ1) is 9.28. The summed E-state index contributed by atoms with van der Waals surface area (Å²) in [7, 11) is 0. The minimum atomic E-state index is -0.0857. The molecule has 2 nitrogen and oxygen atoms in total. The zero-order chi connectivity index (χ0) is 10.3. The second-order valence-corrected chi connectivity index (χ2v) is 3.70. The number of benzene rings is 1. The molecule has 14 heavy (non-hydrogen) atoms. The molecule has 0 saturated carbocycles. The topological polar surface area (TPSA) is 30.2 Å². The fraction of sp³-hybridized carbons (Fsp3) is 0.182. The molecule has 0 N–H and O–H groups in total. The normalized spacial score (nSPS) is 10.8. The molecule has 0 aliphatic rings. The first-order chi connectivity index (χ1) is 6.59. The largest absolute Gasteiger partial charge is 0.461 e. The third-order valence-corrected chi connectivity index (χ3v) is 2.46. The lowest BCUT2D eigenvalue weighted by atomic mass is 10.1. The van der Waals surface area contributed by atoms with Gasteiger partial charge >= 0.3 is 0 Å². The number of fused-ring (bicyclic) bond motifs is 1. The van der Waals surface area contributed by atoms with Crippen LogP contribution in [0.15, 0.2) is 27.4 Å². The second kappa shape index (κ2) is 3.14. The Morgan fingerprint density at radius 2 is 2.00 bits per heavy atom. The van der Waals surface area contributed by atoms with Gasteiger partial charge in [-0.25, -0.2) is 0 Å². The highest BCUT2D eigenvalue weighted by atomic mass is 35.5. The monoisotopic (exact) mass is 208 g/mol. The fourth-order valence-corrected chi connectivity index (χ4v) is 1.71. The molecule has 0 atom stereocenters. The lowest BCUT2D eigenvalue weighted by molar-refractivity contribution is 0.562. The number of halogens is 1. The molecule has 1 heterocycles. The van der Waals surface area contributed by atoms with Crippen LogP contribution >= 0.6 is 11.6 Å². The van der Waals surface area contributed by atoms with Crippen molar-refractivity contribution in [3.8, 4) is 0 Å².